The first-order valence-electron chi connectivity index (χ1n) is 8.56. The lowest BCUT2D eigenvalue weighted by atomic mass is 10.2. The molecule has 0 spiro atoms. The zero-order chi connectivity index (χ0) is 19.4. The Morgan fingerprint density at radius 2 is 2.04 bits per heavy atom. The number of amides is 1. The highest BCUT2D eigenvalue weighted by Crippen LogP contribution is 2.16. The number of para-hydroxylation sites is 1. The number of halogens is 1. The van der Waals surface area contributed by atoms with Crippen molar-refractivity contribution in [3.8, 4) is 0 Å². The molecule has 0 fully saturated rings. The van der Waals surface area contributed by atoms with Crippen LogP contribution < -0.4 is 10.9 Å². The molecule has 0 aliphatic rings. The van der Waals surface area contributed by atoms with Gasteiger partial charge < -0.3 is 10.1 Å². The average Bonchev–Trinajstić information content (AvgIpc) is 2.67. The zero-order valence-electron chi connectivity index (χ0n) is 15.1. The van der Waals surface area contributed by atoms with Crippen LogP contribution in [0.5, 0.6) is 0 Å². The molecule has 140 valence electrons. The van der Waals surface area contributed by atoms with Crippen LogP contribution >= 0.6 is 15.9 Å². The van der Waals surface area contributed by atoms with Crippen molar-refractivity contribution in [1.29, 1.82) is 0 Å². The third kappa shape index (κ3) is 4.26. The van der Waals surface area contributed by atoms with Gasteiger partial charge in [-0.05, 0) is 37.3 Å². The Morgan fingerprint density at radius 1 is 1.26 bits per heavy atom. The second-order valence-corrected chi connectivity index (χ2v) is 7.06. The normalized spacial score (nSPS) is 12.1. The summed E-state index contributed by atoms with van der Waals surface area (Å²) in [7, 11) is 1.58. The minimum Gasteiger partial charge on any atom is -0.383 e. The maximum Gasteiger partial charge on any atom is 0.261 e. The molecule has 7 heteroatoms. The van der Waals surface area contributed by atoms with Gasteiger partial charge >= 0.3 is 0 Å². The smallest absolute Gasteiger partial charge is 0.261 e. The summed E-state index contributed by atoms with van der Waals surface area (Å²) >= 11 is 3.37. The highest BCUT2D eigenvalue weighted by atomic mass is 79.9. The molecule has 27 heavy (non-hydrogen) atoms. The summed E-state index contributed by atoms with van der Waals surface area (Å²) in [5, 5.41) is 3.47. The molecule has 3 aromatic rings. The second-order valence-electron chi connectivity index (χ2n) is 6.14. The van der Waals surface area contributed by atoms with Gasteiger partial charge in [-0.2, -0.15) is 0 Å². The number of rotatable bonds is 6. The topological polar surface area (TPSA) is 73.2 Å². The maximum absolute atomic E-state index is 12.9. The van der Waals surface area contributed by atoms with E-state index < -0.39 is 6.04 Å². The van der Waals surface area contributed by atoms with E-state index in [0.717, 1.165) is 4.47 Å². The lowest BCUT2D eigenvalue weighted by Crippen LogP contribution is -2.34. The number of nitrogens with one attached hydrogen (secondary N) is 1. The highest BCUT2D eigenvalue weighted by Gasteiger charge is 2.19. The van der Waals surface area contributed by atoms with Crippen LogP contribution in [-0.4, -0.2) is 29.2 Å². The van der Waals surface area contributed by atoms with Crippen molar-refractivity contribution in [2.75, 3.05) is 13.7 Å². The van der Waals surface area contributed by atoms with Crippen LogP contribution in [0.4, 0.5) is 0 Å². The molecule has 0 radical (unpaired) electrons. The van der Waals surface area contributed by atoms with Crippen LogP contribution in [-0.2, 0) is 11.3 Å². The third-order valence-corrected chi connectivity index (χ3v) is 4.73. The summed E-state index contributed by atoms with van der Waals surface area (Å²) < 4.78 is 7.52. The van der Waals surface area contributed by atoms with Crippen LogP contribution in [0, 0.1) is 0 Å². The molecule has 1 atom stereocenters. The molecule has 0 bridgehead atoms. The lowest BCUT2D eigenvalue weighted by molar-refractivity contribution is 0.0937. The first-order valence-corrected chi connectivity index (χ1v) is 9.35. The largest absolute Gasteiger partial charge is 0.383 e. The van der Waals surface area contributed by atoms with Crippen LogP contribution in [0.15, 0.2) is 57.8 Å². The first kappa shape index (κ1) is 19.3. The van der Waals surface area contributed by atoms with Gasteiger partial charge in [-0.1, -0.05) is 34.1 Å². The van der Waals surface area contributed by atoms with E-state index in [0.29, 0.717) is 35.4 Å². The molecule has 1 N–H and O–H groups in total. The van der Waals surface area contributed by atoms with E-state index in [1.807, 2.05) is 25.1 Å². The number of carbonyl (C=O) groups excluding carboxylic acids is 1. The minimum atomic E-state index is -0.453. The van der Waals surface area contributed by atoms with Gasteiger partial charge in [0.15, 0.2) is 0 Å². The summed E-state index contributed by atoms with van der Waals surface area (Å²) in [6, 6.07) is 13.9. The number of fused-ring (bicyclic) bond motifs is 1. The predicted molar refractivity (Wildman–Crippen MR) is 108 cm³/mol. The van der Waals surface area contributed by atoms with Gasteiger partial charge in [0.1, 0.15) is 5.82 Å². The van der Waals surface area contributed by atoms with Crippen molar-refractivity contribution < 1.29 is 9.53 Å². The molecule has 6 nitrogen and oxygen atoms in total. The number of hydrogen-bond acceptors (Lipinski definition) is 4. The fourth-order valence-electron chi connectivity index (χ4n) is 2.89. The molecule has 1 unspecified atom stereocenters. The van der Waals surface area contributed by atoms with Crippen molar-refractivity contribution in [2.24, 2.45) is 0 Å². The zero-order valence-corrected chi connectivity index (χ0v) is 16.7. The van der Waals surface area contributed by atoms with Gasteiger partial charge in [-0.25, -0.2) is 4.98 Å². The van der Waals surface area contributed by atoms with Gasteiger partial charge in [-0.15, -0.1) is 0 Å². The first-order chi connectivity index (χ1) is 13.0. The standard InChI is InChI=1S/C20H20BrN3O3/c1-13(22-19(25)14-6-5-7-15(21)12-14)18-23-17-9-4-3-8-16(17)20(26)24(18)10-11-27-2/h3-9,12-13H,10-11H2,1-2H3,(H,22,25). The maximum atomic E-state index is 12.9. The summed E-state index contributed by atoms with van der Waals surface area (Å²) in [6.07, 6.45) is 0. The molecule has 3 rings (SSSR count). The van der Waals surface area contributed by atoms with E-state index in [4.69, 9.17) is 4.74 Å². The fraction of sp³-hybridized carbons (Fsp3) is 0.250. The molecule has 1 amide bonds. The molecule has 0 aliphatic carbocycles. The van der Waals surface area contributed by atoms with E-state index in [1.165, 1.54) is 0 Å². The Balaban J connectivity index is 1.98. The van der Waals surface area contributed by atoms with Crippen molar-refractivity contribution in [3.63, 3.8) is 0 Å². The third-order valence-electron chi connectivity index (χ3n) is 4.23. The van der Waals surface area contributed by atoms with Crippen LogP contribution in [0.25, 0.3) is 10.9 Å². The fourth-order valence-corrected chi connectivity index (χ4v) is 3.29. The predicted octanol–water partition coefficient (Wildman–Crippen LogP) is 3.30. The van der Waals surface area contributed by atoms with E-state index in [-0.39, 0.29) is 11.5 Å². The van der Waals surface area contributed by atoms with Gasteiger partial charge in [0.2, 0.25) is 0 Å². The average molecular weight is 430 g/mol. The molecule has 0 saturated carbocycles. The molecule has 0 saturated heterocycles. The Hall–Kier alpha value is -2.51. The van der Waals surface area contributed by atoms with Gasteiger partial charge in [0.05, 0.1) is 30.1 Å². The van der Waals surface area contributed by atoms with Crippen LogP contribution in [0.3, 0.4) is 0 Å². The number of ether oxygens (including phenoxy) is 1. The number of methoxy groups -OCH3 is 1. The number of aromatic nitrogens is 2. The Labute approximate surface area is 165 Å². The summed E-state index contributed by atoms with van der Waals surface area (Å²) in [6.45, 7) is 2.55. The van der Waals surface area contributed by atoms with Crippen molar-refractivity contribution >= 4 is 32.7 Å². The quantitative estimate of drug-likeness (QED) is 0.652. The molecular formula is C20H20BrN3O3. The summed E-state index contributed by atoms with van der Waals surface area (Å²) in [4.78, 5) is 30.1. The summed E-state index contributed by atoms with van der Waals surface area (Å²) in [5.41, 5.74) is 0.994. The number of nitrogens with zero attached hydrogens (tertiary/aromatic N) is 2. The van der Waals surface area contributed by atoms with E-state index in [2.05, 4.69) is 26.2 Å². The minimum absolute atomic E-state index is 0.142. The summed E-state index contributed by atoms with van der Waals surface area (Å²) in [5.74, 6) is 0.267. The van der Waals surface area contributed by atoms with Gasteiger partial charge in [0, 0.05) is 17.1 Å². The lowest BCUT2D eigenvalue weighted by Gasteiger charge is -2.19. The monoisotopic (exact) mass is 429 g/mol. The Kier molecular flexibility index (Phi) is 6.03. The van der Waals surface area contributed by atoms with E-state index >= 15 is 0 Å². The van der Waals surface area contributed by atoms with Crippen molar-refractivity contribution in [3.05, 3.63) is 74.7 Å². The number of hydrogen-bond donors (Lipinski definition) is 1. The Bertz CT molecular complexity index is 1030. The molecular weight excluding hydrogens is 410 g/mol. The van der Waals surface area contributed by atoms with Crippen LogP contribution in [0.1, 0.15) is 29.1 Å². The Morgan fingerprint density at radius 3 is 2.78 bits per heavy atom. The van der Waals surface area contributed by atoms with Crippen LogP contribution in [0.2, 0.25) is 0 Å². The van der Waals surface area contributed by atoms with E-state index in [9.17, 15) is 9.59 Å². The SMILES string of the molecule is COCCn1c(C(C)NC(=O)c2cccc(Br)c2)nc2ccccc2c1=O. The van der Waals surface area contributed by atoms with E-state index in [1.54, 1.807) is 42.0 Å². The molecule has 1 heterocycles. The van der Waals surface area contributed by atoms with Gasteiger partial charge in [0.25, 0.3) is 11.5 Å². The molecule has 2 aromatic carbocycles. The number of benzene rings is 2. The van der Waals surface area contributed by atoms with Crippen molar-refractivity contribution in [2.45, 2.75) is 19.5 Å². The van der Waals surface area contributed by atoms with Gasteiger partial charge in [-0.3, -0.25) is 14.2 Å². The number of carbonyl (C=O) groups is 1. The van der Waals surface area contributed by atoms with Crippen molar-refractivity contribution in [1.82, 2.24) is 14.9 Å². The highest BCUT2D eigenvalue weighted by molar-refractivity contribution is 9.10. The molecule has 0 aliphatic heterocycles. The second kappa shape index (κ2) is 8.45. The molecule has 1 aromatic heterocycles.